The molecule has 0 bridgehead atoms. The molecule has 138 valence electrons. The van der Waals surface area contributed by atoms with Crippen LogP contribution >= 0.6 is 12.2 Å². The van der Waals surface area contributed by atoms with Crippen LogP contribution in [0, 0.1) is 0 Å². The highest BCUT2D eigenvalue weighted by Crippen LogP contribution is 2.21. The maximum atomic E-state index is 5.67. The van der Waals surface area contributed by atoms with Gasteiger partial charge in [0.1, 0.15) is 5.75 Å². The van der Waals surface area contributed by atoms with Crippen LogP contribution in [0.5, 0.6) is 5.75 Å². The molecule has 27 heavy (non-hydrogen) atoms. The highest BCUT2D eigenvalue weighted by Gasteiger charge is 2.02. The first-order valence-electron chi connectivity index (χ1n) is 9.06. The van der Waals surface area contributed by atoms with Crippen molar-refractivity contribution in [2.75, 3.05) is 17.2 Å². The van der Waals surface area contributed by atoms with Crippen LogP contribution in [0.1, 0.15) is 19.8 Å². The zero-order chi connectivity index (χ0) is 18.9. The molecule has 4 nitrogen and oxygen atoms in total. The molecule has 1 heterocycles. The van der Waals surface area contributed by atoms with E-state index < -0.39 is 0 Å². The lowest BCUT2D eigenvalue weighted by molar-refractivity contribution is 0.309. The van der Waals surface area contributed by atoms with Crippen molar-refractivity contribution in [2.45, 2.75) is 19.8 Å². The number of thiocarbonyl (C=S) groups is 1. The van der Waals surface area contributed by atoms with Gasteiger partial charge in [-0.05, 0) is 72.2 Å². The lowest BCUT2D eigenvalue weighted by Crippen LogP contribution is -2.18. The molecule has 0 saturated carbocycles. The third kappa shape index (κ3) is 5.79. The molecule has 0 aliphatic heterocycles. The summed E-state index contributed by atoms with van der Waals surface area (Å²) in [5.41, 5.74) is 4.05. The fraction of sp³-hybridized carbons (Fsp3) is 0.182. The Morgan fingerprint density at radius 1 is 0.926 bits per heavy atom. The maximum Gasteiger partial charge on any atom is 0.175 e. The Labute approximate surface area is 165 Å². The van der Waals surface area contributed by atoms with E-state index in [0.29, 0.717) is 5.11 Å². The predicted octanol–water partition coefficient (Wildman–Crippen LogP) is 5.74. The van der Waals surface area contributed by atoms with Crippen LogP contribution in [0.2, 0.25) is 0 Å². The molecule has 0 amide bonds. The molecule has 0 aliphatic carbocycles. The number of unbranched alkanes of at least 4 members (excludes halogenated alkanes) is 1. The minimum Gasteiger partial charge on any atom is -0.494 e. The number of hydrogen-bond acceptors (Lipinski definition) is 3. The Bertz CT molecular complexity index is 849. The Morgan fingerprint density at radius 2 is 1.59 bits per heavy atom. The number of aromatic nitrogens is 1. The van der Waals surface area contributed by atoms with E-state index in [1.807, 2.05) is 66.9 Å². The molecule has 2 aromatic carbocycles. The summed E-state index contributed by atoms with van der Waals surface area (Å²) in [6.07, 6.45) is 5.81. The Balaban J connectivity index is 1.53. The summed E-state index contributed by atoms with van der Waals surface area (Å²) in [7, 11) is 0. The highest BCUT2D eigenvalue weighted by atomic mass is 32.1. The number of hydrogen-bond donors (Lipinski definition) is 2. The average molecular weight is 378 g/mol. The van der Waals surface area contributed by atoms with E-state index in [4.69, 9.17) is 17.0 Å². The van der Waals surface area contributed by atoms with Crippen molar-refractivity contribution in [3.05, 3.63) is 73.1 Å². The second kappa shape index (κ2) is 9.69. The van der Waals surface area contributed by atoms with Gasteiger partial charge in [-0.25, -0.2) is 0 Å². The van der Waals surface area contributed by atoms with E-state index in [9.17, 15) is 0 Å². The lowest BCUT2D eigenvalue weighted by Gasteiger charge is -2.12. The van der Waals surface area contributed by atoms with Crippen LogP contribution in [-0.4, -0.2) is 16.7 Å². The first-order valence-corrected chi connectivity index (χ1v) is 9.47. The SMILES string of the molecule is CCCCOc1ccc(NC(=S)Nc2ccc(-c3cccnc3)cc2)cc1. The van der Waals surface area contributed by atoms with Gasteiger partial charge < -0.3 is 15.4 Å². The van der Waals surface area contributed by atoms with Gasteiger partial charge in [0, 0.05) is 23.8 Å². The number of rotatable bonds is 7. The van der Waals surface area contributed by atoms with Crippen molar-refractivity contribution < 1.29 is 4.74 Å². The molecular weight excluding hydrogens is 354 g/mol. The molecule has 0 spiro atoms. The number of anilines is 2. The van der Waals surface area contributed by atoms with Gasteiger partial charge in [0.15, 0.2) is 5.11 Å². The van der Waals surface area contributed by atoms with Gasteiger partial charge in [-0.1, -0.05) is 31.5 Å². The first-order chi connectivity index (χ1) is 13.2. The molecule has 0 fully saturated rings. The van der Waals surface area contributed by atoms with Crippen LogP contribution in [0.15, 0.2) is 73.1 Å². The van der Waals surface area contributed by atoms with Crippen LogP contribution in [0.3, 0.4) is 0 Å². The minimum atomic E-state index is 0.545. The number of benzene rings is 2. The molecule has 0 radical (unpaired) electrons. The van der Waals surface area contributed by atoms with Crippen molar-refractivity contribution in [3.8, 4) is 16.9 Å². The topological polar surface area (TPSA) is 46.2 Å². The van der Waals surface area contributed by atoms with E-state index in [1.54, 1.807) is 6.20 Å². The van der Waals surface area contributed by atoms with Gasteiger partial charge in [-0.2, -0.15) is 0 Å². The zero-order valence-corrected chi connectivity index (χ0v) is 16.1. The van der Waals surface area contributed by atoms with Gasteiger partial charge >= 0.3 is 0 Å². The fourth-order valence-electron chi connectivity index (χ4n) is 2.54. The standard InChI is InChI=1S/C22H23N3OS/c1-2-3-15-26-21-12-10-20(11-13-21)25-22(27)24-19-8-6-17(7-9-19)18-5-4-14-23-16-18/h4-14,16H,2-3,15H2,1H3,(H2,24,25,27). The third-order valence-corrected chi connectivity index (χ3v) is 4.22. The average Bonchev–Trinajstić information content (AvgIpc) is 2.71. The van der Waals surface area contributed by atoms with Crippen LogP contribution in [-0.2, 0) is 0 Å². The highest BCUT2D eigenvalue weighted by molar-refractivity contribution is 7.80. The fourth-order valence-corrected chi connectivity index (χ4v) is 2.78. The van der Waals surface area contributed by atoms with E-state index in [2.05, 4.69) is 22.5 Å². The zero-order valence-electron chi connectivity index (χ0n) is 15.3. The molecule has 3 aromatic rings. The van der Waals surface area contributed by atoms with Crippen molar-refractivity contribution in [2.24, 2.45) is 0 Å². The van der Waals surface area contributed by atoms with Crippen molar-refractivity contribution in [3.63, 3.8) is 0 Å². The number of nitrogens with zero attached hydrogens (tertiary/aromatic N) is 1. The second-order valence-electron chi connectivity index (χ2n) is 6.12. The Hall–Kier alpha value is -2.92. The summed E-state index contributed by atoms with van der Waals surface area (Å²) in [4.78, 5) is 4.15. The van der Waals surface area contributed by atoms with Crippen molar-refractivity contribution in [1.82, 2.24) is 4.98 Å². The quantitative estimate of drug-likeness (QED) is 0.406. The molecular formula is C22H23N3OS. The number of ether oxygens (including phenoxy) is 1. The van der Waals surface area contributed by atoms with Crippen LogP contribution in [0.4, 0.5) is 11.4 Å². The van der Waals surface area contributed by atoms with Crippen LogP contribution < -0.4 is 15.4 Å². The van der Waals surface area contributed by atoms with Gasteiger partial charge in [0.05, 0.1) is 6.61 Å². The largest absolute Gasteiger partial charge is 0.494 e. The predicted molar refractivity (Wildman–Crippen MR) is 116 cm³/mol. The number of nitrogens with one attached hydrogen (secondary N) is 2. The monoisotopic (exact) mass is 377 g/mol. The lowest BCUT2D eigenvalue weighted by atomic mass is 10.1. The smallest absolute Gasteiger partial charge is 0.175 e. The van der Waals surface area contributed by atoms with E-state index in [-0.39, 0.29) is 0 Å². The number of pyridine rings is 1. The summed E-state index contributed by atoms with van der Waals surface area (Å²) in [5.74, 6) is 0.874. The summed E-state index contributed by atoms with van der Waals surface area (Å²) in [6.45, 7) is 2.90. The summed E-state index contributed by atoms with van der Waals surface area (Å²) >= 11 is 5.40. The summed E-state index contributed by atoms with van der Waals surface area (Å²) in [6, 6.07) is 19.9. The van der Waals surface area contributed by atoms with Gasteiger partial charge in [-0.3, -0.25) is 4.98 Å². The molecule has 0 atom stereocenters. The second-order valence-corrected chi connectivity index (χ2v) is 6.53. The molecule has 3 rings (SSSR count). The van der Waals surface area contributed by atoms with Crippen molar-refractivity contribution >= 4 is 28.7 Å². The van der Waals surface area contributed by atoms with Crippen LogP contribution in [0.25, 0.3) is 11.1 Å². The normalized spacial score (nSPS) is 10.3. The Morgan fingerprint density at radius 3 is 2.19 bits per heavy atom. The van der Waals surface area contributed by atoms with Crippen molar-refractivity contribution in [1.29, 1.82) is 0 Å². The van der Waals surface area contributed by atoms with E-state index in [0.717, 1.165) is 47.7 Å². The molecule has 0 unspecified atom stereocenters. The molecule has 0 aliphatic rings. The molecule has 2 N–H and O–H groups in total. The molecule has 0 saturated heterocycles. The maximum absolute atomic E-state index is 5.67. The first kappa shape index (κ1) is 18.9. The van der Waals surface area contributed by atoms with Gasteiger partial charge in [0.25, 0.3) is 0 Å². The third-order valence-electron chi connectivity index (χ3n) is 4.02. The summed E-state index contributed by atoms with van der Waals surface area (Å²) < 4.78 is 5.67. The van der Waals surface area contributed by atoms with E-state index in [1.165, 1.54) is 0 Å². The Kier molecular flexibility index (Phi) is 6.77. The van der Waals surface area contributed by atoms with Gasteiger partial charge in [0.2, 0.25) is 0 Å². The molecule has 5 heteroatoms. The summed E-state index contributed by atoms with van der Waals surface area (Å²) in [5, 5.41) is 6.93. The molecule has 1 aromatic heterocycles. The van der Waals surface area contributed by atoms with E-state index >= 15 is 0 Å². The minimum absolute atomic E-state index is 0.545. The van der Waals surface area contributed by atoms with Gasteiger partial charge in [-0.15, -0.1) is 0 Å².